The van der Waals surface area contributed by atoms with E-state index >= 15 is 0 Å². The SMILES string of the molecule is COc1cc2c(cc1NC(=O)c1cnn3cccnc13)CC(C)=C2. The van der Waals surface area contributed by atoms with Gasteiger partial charge in [-0.15, -0.1) is 0 Å². The second-order valence-corrected chi connectivity index (χ2v) is 5.82. The van der Waals surface area contributed by atoms with Crippen LogP contribution in [0.5, 0.6) is 5.75 Å². The lowest BCUT2D eigenvalue weighted by Gasteiger charge is -2.12. The maximum atomic E-state index is 12.6. The monoisotopic (exact) mass is 320 g/mol. The van der Waals surface area contributed by atoms with Crippen LogP contribution in [-0.2, 0) is 6.42 Å². The standard InChI is InChI=1S/C18H16N4O2/c1-11-6-12-8-15(16(24-2)9-13(12)7-11)21-18(23)14-10-20-22-5-3-4-19-17(14)22/h3-5,7-10H,6H2,1-2H3,(H,21,23). The Morgan fingerprint density at radius 1 is 1.38 bits per heavy atom. The van der Waals surface area contributed by atoms with Gasteiger partial charge in [0.1, 0.15) is 11.3 Å². The molecule has 2 aromatic heterocycles. The molecule has 0 saturated heterocycles. The van der Waals surface area contributed by atoms with Crippen molar-refractivity contribution < 1.29 is 9.53 Å². The molecule has 0 spiro atoms. The van der Waals surface area contributed by atoms with E-state index in [1.165, 1.54) is 17.3 Å². The van der Waals surface area contributed by atoms with Crippen LogP contribution in [0.15, 0.2) is 42.4 Å². The Kier molecular flexibility index (Phi) is 3.30. The van der Waals surface area contributed by atoms with Crippen LogP contribution in [0.4, 0.5) is 5.69 Å². The van der Waals surface area contributed by atoms with Gasteiger partial charge in [0.05, 0.1) is 19.0 Å². The summed E-state index contributed by atoms with van der Waals surface area (Å²) < 4.78 is 7.00. The molecule has 1 amide bonds. The highest BCUT2D eigenvalue weighted by Crippen LogP contribution is 2.34. The fraction of sp³-hybridized carbons (Fsp3) is 0.167. The van der Waals surface area contributed by atoms with Gasteiger partial charge >= 0.3 is 0 Å². The third kappa shape index (κ3) is 2.32. The molecule has 4 rings (SSSR count). The van der Waals surface area contributed by atoms with Crippen molar-refractivity contribution in [2.24, 2.45) is 0 Å². The summed E-state index contributed by atoms with van der Waals surface area (Å²) in [5.74, 6) is 0.377. The predicted octanol–water partition coefficient (Wildman–Crippen LogP) is 2.95. The Morgan fingerprint density at radius 3 is 3.08 bits per heavy atom. The second-order valence-electron chi connectivity index (χ2n) is 5.82. The van der Waals surface area contributed by atoms with E-state index in [1.807, 2.05) is 12.1 Å². The van der Waals surface area contributed by atoms with E-state index < -0.39 is 0 Å². The first-order valence-electron chi connectivity index (χ1n) is 7.63. The number of rotatable bonds is 3. The highest BCUT2D eigenvalue weighted by Gasteiger charge is 2.18. The molecule has 1 aliphatic rings. The van der Waals surface area contributed by atoms with Gasteiger partial charge in [0.25, 0.3) is 5.91 Å². The lowest BCUT2D eigenvalue weighted by molar-refractivity contribution is 0.102. The minimum absolute atomic E-state index is 0.260. The number of amides is 1. The molecule has 0 fully saturated rings. The number of carbonyl (C=O) groups excluding carboxylic acids is 1. The van der Waals surface area contributed by atoms with Crippen molar-refractivity contribution in [3.63, 3.8) is 0 Å². The Morgan fingerprint density at radius 2 is 2.25 bits per heavy atom. The molecule has 0 saturated carbocycles. The summed E-state index contributed by atoms with van der Waals surface area (Å²) in [5, 5.41) is 7.07. The number of anilines is 1. The van der Waals surface area contributed by atoms with Crippen molar-refractivity contribution in [2.45, 2.75) is 13.3 Å². The molecule has 120 valence electrons. The van der Waals surface area contributed by atoms with Crippen molar-refractivity contribution in [1.29, 1.82) is 0 Å². The fourth-order valence-electron chi connectivity index (χ4n) is 2.99. The van der Waals surface area contributed by atoms with E-state index in [2.05, 4.69) is 28.4 Å². The number of nitrogens with zero attached hydrogens (tertiary/aromatic N) is 3. The number of methoxy groups -OCH3 is 1. The molecule has 0 aliphatic heterocycles. The summed E-state index contributed by atoms with van der Waals surface area (Å²) in [7, 11) is 1.60. The first-order valence-corrected chi connectivity index (χ1v) is 7.63. The molecule has 6 nitrogen and oxygen atoms in total. The average molecular weight is 320 g/mol. The smallest absolute Gasteiger partial charge is 0.261 e. The van der Waals surface area contributed by atoms with Crippen LogP contribution in [0.25, 0.3) is 11.7 Å². The number of aromatic nitrogens is 3. The first-order chi connectivity index (χ1) is 11.7. The zero-order chi connectivity index (χ0) is 16.7. The van der Waals surface area contributed by atoms with E-state index in [0.29, 0.717) is 22.6 Å². The molecule has 0 unspecified atom stereocenters. The van der Waals surface area contributed by atoms with Crippen molar-refractivity contribution in [3.8, 4) is 5.75 Å². The van der Waals surface area contributed by atoms with Crippen molar-refractivity contribution in [2.75, 3.05) is 12.4 Å². The molecule has 1 aliphatic carbocycles. The molecule has 1 N–H and O–H groups in total. The van der Waals surface area contributed by atoms with Gasteiger partial charge in [-0.2, -0.15) is 5.10 Å². The van der Waals surface area contributed by atoms with Gasteiger partial charge in [0, 0.05) is 12.4 Å². The van der Waals surface area contributed by atoms with Crippen LogP contribution in [0.1, 0.15) is 28.4 Å². The number of benzene rings is 1. The molecule has 24 heavy (non-hydrogen) atoms. The van der Waals surface area contributed by atoms with Crippen molar-refractivity contribution in [1.82, 2.24) is 14.6 Å². The zero-order valence-corrected chi connectivity index (χ0v) is 13.4. The third-order valence-electron chi connectivity index (χ3n) is 4.10. The summed E-state index contributed by atoms with van der Waals surface area (Å²) in [5.41, 5.74) is 5.21. The van der Waals surface area contributed by atoms with Gasteiger partial charge in [0.15, 0.2) is 5.65 Å². The molecule has 0 bridgehead atoms. The van der Waals surface area contributed by atoms with Crippen LogP contribution >= 0.6 is 0 Å². The number of carbonyl (C=O) groups is 1. The van der Waals surface area contributed by atoms with Crippen LogP contribution in [0.2, 0.25) is 0 Å². The highest BCUT2D eigenvalue weighted by molar-refractivity contribution is 6.08. The fourth-order valence-corrected chi connectivity index (χ4v) is 2.99. The number of ether oxygens (including phenoxy) is 1. The summed E-state index contributed by atoms with van der Waals surface area (Å²) >= 11 is 0. The Bertz CT molecular complexity index is 988. The van der Waals surface area contributed by atoms with E-state index in [4.69, 9.17) is 4.74 Å². The summed E-state index contributed by atoms with van der Waals surface area (Å²) in [4.78, 5) is 16.9. The quantitative estimate of drug-likeness (QED) is 0.805. The second kappa shape index (κ2) is 5.49. The molecule has 6 heteroatoms. The molecule has 0 atom stereocenters. The molecule has 1 aromatic carbocycles. The Balaban J connectivity index is 1.68. The maximum absolute atomic E-state index is 12.6. The minimum atomic E-state index is -0.260. The van der Waals surface area contributed by atoms with E-state index in [-0.39, 0.29) is 5.91 Å². The lowest BCUT2D eigenvalue weighted by Crippen LogP contribution is -2.13. The number of allylic oxidation sites excluding steroid dienone is 1. The minimum Gasteiger partial charge on any atom is -0.495 e. The topological polar surface area (TPSA) is 68.5 Å². The largest absolute Gasteiger partial charge is 0.495 e. The summed E-state index contributed by atoms with van der Waals surface area (Å²) in [6.45, 7) is 2.09. The maximum Gasteiger partial charge on any atom is 0.261 e. The highest BCUT2D eigenvalue weighted by atomic mass is 16.5. The van der Waals surface area contributed by atoms with Gasteiger partial charge in [-0.25, -0.2) is 9.50 Å². The van der Waals surface area contributed by atoms with Crippen LogP contribution in [-0.4, -0.2) is 27.6 Å². The average Bonchev–Trinajstić information content (AvgIpc) is 3.16. The van der Waals surface area contributed by atoms with Crippen molar-refractivity contribution >= 4 is 23.3 Å². The molecule has 3 aromatic rings. The van der Waals surface area contributed by atoms with Crippen molar-refractivity contribution in [3.05, 3.63) is 59.1 Å². The Hall–Kier alpha value is -3.15. The number of hydrogen-bond donors (Lipinski definition) is 1. The predicted molar refractivity (Wildman–Crippen MR) is 91.3 cm³/mol. The molecule has 2 heterocycles. The van der Waals surface area contributed by atoms with Gasteiger partial charge < -0.3 is 10.1 Å². The van der Waals surface area contributed by atoms with Gasteiger partial charge in [-0.3, -0.25) is 4.79 Å². The van der Waals surface area contributed by atoms with Crippen LogP contribution < -0.4 is 10.1 Å². The summed E-state index contributed by atoms with van der Waals surface area (Å²) in [6, 6.07) is 5.69. The third-order valence-corrected chi connectivity index (χ3v) is 4.10. The van der Waals surface area contributed by atoms with Gasteiger partial charge in [-0.05, 0) is 42.7 Å². The normalized spacial score (nSPS) is 12.8. The van der Waals surface area contributed by atoms with E-state index in [9.17, 15) is 4.79 Å². The zero-order valence-electron chi connectivity index (χ0n) is 13.4. The lowest BCUT2D eigenvalue weighted by atomic mass is 10.1. The first kappa shape index (κ1) is 14.4. The molecular weight excluding hydrogens is 304 g/mol. The number of nitrogens with one attached hydrogen (secondary N) is 1. The van der Waals surface area contributed by atoms with Crippen LogP contribution in [0.3, 0.4) is 0 Å². The van der Waals surface area contributed by atoms with E-state index in [1.54, 1.807) is 30.1 Å². The number of hydrogen-bond acceptors (Lipinski definition) is 4. The number of fused-ring (bicyclic) bond motifs is 2. The Labute approximate surface area is 138 Å². The summed E-state index contributed by atoms with van der Waals surface area (Å²) in [6.07, 6.45) is 7.93. The van der Waals surface area contributed by atoms with Gasteiger partial charge in [-0.1, -0.05) is 11.6 Å². The van der Waals surface area contributed by atoms with Gasteiger partial charge in [0.2, 0.25) is 0 Å². The van der Waals surface area contributed by atoms with Crippen LogP contribution in [0, 0.1) is 0 Å². The molecule has 0 radical (unpaired) electrons. The van der Waals surface area contributed by atoms with E-state index in [0.717, 1.165) is 12.0 Å². The molecular formula is C18H16N4O2.